The number of aromatic nitrogens is 2. The average Bonchev–Trinajstić information content (AvgIpc) is 3.24. The van der Waals surface area contributed by atoms with Gasteiger partial charge < -0.3 is 4.57 Å². The van der Waals surface area contributed by atoms with Crippen LogP contribution in [-0.4, -0.2) is 9.55 Å². The van der Waals surface area contributed by atoms with Crippen molar-refractivity contribution in [1.82, 2.24) is 9.55 Å². The lowest BCUT2D eigenvalue weighted by Crippen LogP contribution is -1.93. The van der Waals surface area contributed by atoms with Crippen LogP contribution in [0.4, 0.5) is 0 Å². The molecule has 0 fully saturated rings. The third-order valence-corrected chi connectivity index (χ3v) is 4.39. The largest absolute Gasteiger partial charge is 0.301 e. The van der Waals surface area contributed by atoms with Gasteiger partial charge in [-0.1, -0.05) is 72.5 Å². The predicted octanol–water partition coefficient (Wildman–Crippen LogP) is 6.11. The zero-order valence-electron chi connectivity index (χ0n) is 15.9. The van der Waals surface area contributed by atoms with E-state index < -0.39 is 0 Å². The van der Waals surface area contributed by atoms with Crippen molar-refractivity contribution in [2.24, 2.45) is 0 Å². The van der Waals surface area contributed by atoms with E-state index in [0.29, 0.717) is 0 Å². The Kier molecular flexibility index (Phi) is 5.81. The Hall–Kier alpha value is -4.09. The zero-order chi connectivity index (χ0) is 19.7. The highest BCUT2D eigenvalue weighted by Gasteiger charge is 2.01. The van der Waals surface area contributed by atoms with Gasteiger partial charge in [0.2, 0.25) is 0 Å². The summed E-state index contributed by atoms with van der Waals surface area (Å²) < 4.78 is 2.09. The molecule has 0 saturated carbocycles. The molecule has 0 aliphatic rings. The summed E-state index contributed by atoms with van der Waals surface area (Å²) in [5, 5.41) is 1.24. The maximum absolute atomic E-state index is 4.33. The first-order valence-electron chi connectivity index (χ1n) is 9.50. The smallest absolute Gasteiger partial charge is 0.137 e. The van der Waals surface area contributed by atoms with Crippen molar-refractivity contribution in [1.29, 1.82) is 0 Å². The van der Waals surface area contributed by atoms with Crippen LogP contribution in [0.25, 0.3) is 16.7 Å². The highest BCUT2D eigenvalue weighted by molar-refractivity contribution is 5.81. The molecule has 0 aliphatic carbocycles. The quantitative estimate of drug-likeness (QED) is 0.325. The molecule has 5 rings (SSSR count). The second kappa shape index (κ2) is 9.21. The zero-order valence-corrected chi connectivity index (χ0v) is 15.9. The fraction of sp³-hybridized carbons (Fsp3) is 0. The SMILES string of the molecule is C(#Cc1ccccc1)c1ccccc1.c1ccc(-n2ccc3ccccc32)nc1. The van der Waals surface area contributed by atoms with Gasteiger partial charge in [-0.2, -0.15) is 0 Å². The molecule has 0 spiro atoms. The first-order valence-corrected chi connectivity index (χ1v) is 9.50. The summed E-state index contributed by atoms with van der Waals surface area (Å²) in [7, 11) is 0. The fourth-order valence-electron chi connectivity index (χ4n) is 2.97. The van der Waals surface area contributed by atoms with Crippen LogP contribution in [0.5, 0.6) is 0 Å². The molecule has 0 aliphatic heterocycles. The van der Waals surface area contributed by atoms with Gasteiger partial charge in [-0.3, -0.25) is 0 Å². The topological polar surface area (TPSA) is 17.8 Å². The molecular formula is C27H20N2. The van der Waals surface area contributed by atoms with Crippen molar-refractivity contribution >= 4 is 10.9 Å². The molecule has 2 heterocycles. The van der Waals surface area contributed by atoms with Crippen LogP contribution in [-0.2, 0) is 0 Å². The maximum Gasteiger partial charge on any atom is 0.137 e. The summed E-state index contributed by atoms with van der Waals surface area (Å²) in [5.41, 5.74) is 3.30. The Balaban J connectivity index is 0.000000142. The molecule has 0 amide bonds. The third kappa shape index (κ3) is 4.80. The molecule has 0 bridgehead atoms. The van der Waals surface area contributed by atoms with Crippen molar-refractivity contribution < 1.29 is 0 Å². The van der Waals surface area contributed by atoms with Crippen LogP contribution in [0.3, 0.4) is 0 Å². The molecular weight excluding hydrogens is 352 g/mol. The van der Waals surface area contributed by atoms with Crippen LogP contribution < -0.4 is 0 Å². The van der Waals surface area contributed by atoms with Crippen molar-refractivity contribution in [3.05, 3.63) is 133 Å². The monoisotopic (exact) mass is 372 g/mol. The number of rotatable bonds is 1. The third-order valence-electron chi connectivity index (χ3n) is 4.39. The second-order valence-corrected chi connectivity index (χ2v) is 6.41. The average molecular weight is 372 g/mol. The van der Waals surface area contributed by atoms with Gasteiger partial charge in [-0.15, -0.1) is 0 Å². The Morgan fingerprint density at radius 1 is 0.552 bits per heavy atom. The minimum Gasteiger partial charge on any atom is -0.301 e. The summed E-state index contributed by atoms with van der Waals surface area (Å²) in [6.45, 7) is 0. The van der Waals surface area contributed by atoms with Gasteiger partial charge in [0.05, 0.1) is 5.52 Å². The van der Waals surface area contributed by atoms with Crippen LogP contribution in [0.15, 0.2) is 122 Å². The van der Waals surface area contributed by atoms with Crippen molar-refractivity contribution in [2.45, 2.75) is 0 Å². The summed E-state index contributed by atoms with van der Waals surface area (Å²) in [5.74, 6) is 7.18. The Labute approximate surface area is 171 Å². The van der Waals surface area contributed by atoms with Crippen LogP contribution in [0, 0.1) is 11.8 Å². The van der Waals surface area contributed by atoms with E-state index in [1.165, 1.54) is 10.9 Å². The lowest BCUT2D eigenvalue weighted by Gasteiger charge is -2.02. The summed E-state index contributed by atoms with van der Waals surface area (Å²) in [6.07, 6.45) is 3.86. The Morgan fingerprint density at radius 3 is 1.76 bits per heavy atom. The number of pyridine rings is 1. The minimum atomic E-state index is 0.957. The maximum atomic E-state index is 4.33. The second-order valence-electron chi connectivity index (χ2n) is 6.41. The Morgan fingerprint density at radius 2 is 1.14 bits per heavy atom. The number of para-hydroxylation sites is 1. The van der Waals surface area contributed by atoms with E-state index in [-0.39, 0.29) is 0 Å². The molecule has 138 valence electrons. The van der Waals surface area contributed by atoms with Gasteiger partial charge in [0, 0.05) is 23.5 Å². The van der Waals surface area contributed by atoms with Crippen molar-refractivity contribution in [3.63, 3.8) is 0 Å². The van der Waals surface area contributed by atoms with Crippen LogP contribution >= 0.6 is 0 Å². The highest BCUT2D eigenvalue weighted by atomic mass is 15.0. The van der Waals surface area contributed by atoms with E-state index in [4.69, 9.17) is 0 Å². The molecule has 0 radical (unpaired) electrons. The highest BCUT2D eigenvalue weighted by Crippen LogP contribution is 2.18. The lowest BCUT2D eigenvalue weighted by molar-refractivity contribution is 1.04. The summed E-state index contributed by atoms with van der Waals surface area (Å²) in [4.78, 5) is 4.33. The van der Waals surface area contributed by atoms with Gasteiger partial charge >= 0.3 is 0 Å². The van der Waals surface area contributed by atoms with E-state index >= 15 is 0 Å². The molecule has 2 aromatic heterocycles. The van der Waals surface area contributed by atoms with Gasteiger partial charge in [0.1, 0.15) is 5.82 Å². The lowest BCUT2D eigenvalue weighted by atomic mass is 10.2. The molecule has 2 heteroatoms. The fourth-order valence-corrected chi connectivity index (χ4v) is 2.97. The number of benzene rings is 3. The van der Waals surface area contributed by atoms with Crippen LogP contribution in [0.2, 0.25) is 0 Å². The minimum absolute atomic E-state index is 0.957. The number of hydrogen-bond acceptors (Lipinski definition) is 1. The number of fused-ring (bicyclic) bond motifs is 1. The molecule has 0 saturated heterocycles. The van der Waals surface area contributed by atoms with E-state index in [1.54, 1.807) is 0 Å². The number of hydrogen-bond donors (Lipinski definition) is 0. The van der Waals surface area contributed by atoms with Crippen molar-refractivity contribution in [2.75, 3.05) is 0 Å². The molecule has 2 nitrogen and oxygen atoms in total. The summed E-state index contributed by atoms with van der Waals surface area (Å²) >= 11 is 0. The van der Waals surface area contributed by atoms with E-state index in [0.717, 1.165) is 16.9 Å². The van der Waals surface area contributed by atoms with Gasteiger partial charge in [0.25, 0.3) is 0 Å². The van der Waals surface area contributed by atoms with E-state index in [2.05, 4.69) is 39.6 Å². The predicted molar refractivity (Wildman–Crippen MR) is 120 cm³/mol. The molecule has 0 unspecified atom stereocenters. The van der Waals surface area contributed by atoms with E-state index in [1.807, 2.05) is 103 Å². The first kappa shape index (κ1) is 18.3. The molecule has 0 atom stereocenters. The normalized spacial score (nSPS) is 9.79. The standard InChI is InChI=1S/C14H10.C13H10N2/c1-3-7-13(8-4-1)11-12-14-9-5-2-6-10-14;1-2-6-12-11(5-1)8-10-15(12)13-7-3-4-9-14-13/h1-10H;1-10H. The molecule has 5 aromatic rings. The molecule has 0 N–H and O–H groups in total. The van der Waals surface area contributed by atoms with Gasteiger partial charge in [-0.05, 0) is 53.9 Å². The summed E-state index contributed by atoms with van der Waals surface area (Å²) in [6, 6.07) is 36.3. The first-order chi connectivity index (χ1) is 14.4. The van der Waals surface area contributed by atoms with Gasteiger partial charge in [-0.25, -0.2) is 4.98 Å². The molecule has 3 aromatic carbocycles. The number of nitrogens with zero attached hydrogens (tertiary/aromatic N) is 2. The van der Waals surface area contributed by atoms with Crippen LogP contribution in [0.1, 0.15) is 11.1 Å². The van der Waals surface area contributed by atoms with Gasteiger partial charge in [0.15, 0.2) is 0 Å². The molecule has 29 heavy (non-hydrogen) atoms. The van der Waals surface area contributed by atoms with Crippen molar-refractivity contribution in [3.8, 4) is 17.7 Å². The van der Waals surface area contributed by atoms with E-state index in [9.17, 15) is 0 Å². The Bertz CT molecular complexity index is 1190.